The number of hydrogen-bond donors (Lipinski definition) is 3. The number of halogens is 2. The van der Waals surface area contributed by atoms with Crippen molar-refractivity contribution in [1.29, 1.82) is 0 Å². The Morgan fingerprint density at radius 2 is 1.91 bits per heavy atom. The van der Waals surface area contributed by atoms with Gasteiger partial charge < -0.3 is 16.4 Å². The Morgan fingerprint density at radius 1 is 1.27 bits per heavy atom. The molecule has 0 aromatic heterocycles. The largest absolute Gasteiger partial charge is 0.370 e. The van der Waals surface area contributed by atoms with E-state index in [1.54, 1.807) is 12.1 Å². The molecule has 1 aromatic rings. The van der Waals surface area contributed by atoms with E-state index in [9.17, 15) is 4.79 Å². The maximum absolute atomic E-state index is 11.9. The summed E-state index contributed by atoms with van der Waals surface area (Å²) in [6.45, 7) is 0.954. The van der Waals surface area contributed by atoms with E-state index in [1.807, 2.05) is 12.1 Å². The maximum atomic E-state index is 11.9. The molecule has 1 saturated carbocycles. The first-order valence-electron chi connectivity index (χ1n) is 7.25. The Labute approximate surface area is 156 Å². The highest BCUT2D eigenvalue weighted by atomic mass is 127. The fraction of sp³-hybridized carbons (Fsp3) is 0.467. The first-order chi connectivity index (χ1) is 10.1. The number of nitrogens with two attached hydrogens (primary N) is 1. The van der Waals surface area contributed by atoms with Gasteiger partial charge in [0.15, 0.2) is 5.96 Å². The minimum absolute atomic E-state index is 0. The Balaban J connectivity index is 0.00000242. The van der Waals surface area contributed by atoms with Crippen molar-refractivity contribution in [3.05, 3.63) is 34.3 Å². The first kappa shape index (κ1) is 19.2. The molecule has 1 fully saturated rings. The highest BCUT2D eigenvalue weighted by Gasteiger charge is 2.14. The summed E-state index contributed by atoms with van der Waals surface area (Å²) in [6.07, 6.45) is 4.84. The van der Waals surface area contributed by atoms with Crippen LogP contribution in [0.5, 0.6) is 0 Å². The molecule has 0 radical (unpaired) electrons. The lowest BCUT2D eigenvalue weighted by Crippen LogP contribution is -2.39. The first-order valence-corrected chi connectivity index (χ1v) is 8.04. The fourth-order valence-electron chi connectivity index (χ4n) is 2.37. The van der Waals surface area contributed by atoms with Crippen molar-refractivity contribution in [3.8, 4) is 0 Å². The van der Waals surface area contributed by atoms with Crippen LogP contribution in [0.1, 0.15) is 36.0 Å². The molecular formula is C15H22BrIN4O. The van der Waals surface area contributed by atoms with E-state index in [2.05, 4.69) is 31.6 Å². The number of rotatable bonds is 5. The Morgan fingerprint density at radius 3 is 2.55 bits per heavy atom. The van der Waals surface area contributed by atoms with Crippen LogP contribution in [0.3, 0.4) is 0 Å². The van der Waals surface area contributed by atoms with Crippen molar-refractivity contribution in [2.45, 2.75) is 31.7 Å². The van der Waals surface area contributed by atoms with Crippen LogP contribution in [0, 0.1) is 0 Å². The summed E-state index contributed by atoms with van der Waals surface area (Å²) >= 11 is 3.34. The number of carbonyl (C=O) groups excluding carboxylic acids is 1. The molecule has 22 heavy (non-hydrogen) atoms. The molecule has 0 aliphatic heterocycles. The summed E-state index contributed by atoms with van der Waals surface area (Å²) in [5.41, 5.74) is 6.46. The molecule has 1 aliphatic carbocycles. The number of carbonyl (C=O) groups is 1. The molecule has 7 heteroatoms. The van der Waals surface area contributed by atoms with Gasteiger partial charge in [-0.1, -0.05) is 28.8 Å². The molecule has 122 valence electrons. The molecule has 2 rings (SSSR count). The van der Waals surface area contributed by atoms with Gasteiger partial charge in [-0.25, -0.2) is 0 Å². The number of hydrogen-bond acceptors (Lipinski definition) is 2. The van der Waals surface area contributed by atoms with E-state index < -0.39 is 0 Å². The molecule has 4 N–H and O–H groups in total. The highest BCUT2D eigenvalue weighted by molar-refractivity contribution is 14.0. The van der Waals surface area contributed by atoms with Crippen molar-refractivity contribution in [2.75, 3.05) is 13.1 Å². The number of aliphatic imine (C=N–C) groups is 1. The zero-order valence-electron chi connectivity index (χ0n) is 12.3. The number of amides is 1. The van der Waals surface area contributed by atoms with Gasteiger partial charge in [-0.2, -0.15) is 0 Å². The van der Waals surface area contributed by atoms with Crippen LogP contribution in [0.15, 0.2) is 33.7 Å². The van der Waals surface area contributed by atoms with Crippen LogP contribution in [-0.2, 0) is 0 Å². The number of nitrogens with zero attached hydrogens (tertiary/aromatic N) is 1. The van der Waals surface area contributed by atoms with Gasteiger partial charge >= 0.3 is 0 Å². The molecule has 0 spiro atoms. The third kappa shape index (κ3) is 6.51. The quantitative estimate of drug-likeness (QED) is 0.262. The average Bonchev–Trinajstić information content (AvgIpc) is 2.97. The van der Waals surface area contributed by atoms with E-state index >= 15 is 0 Å². The van der Waals surface area contributed by atoms with Crippen LogP contribution in [-0.4, -0.2) is 31.0 Å². The molecule has 1 aliphatic rings. The minimum Gasteiger partial charge on any atom is -0.370 e. The van der Waals surface area contributed by atoms with Crippen molar-refractivity contribution < 1.29 is 4.79 Å². The second-order valence-corrected chi connectivity index (χ2v) is 6.07. The van der Waals surface area contributed by atoms with E-state index in [0.717, 1.165) is 17.3 Å². The molecule has 1 aromatic carbocycles. The van der Waals surface area contributed by atoms with Crippen LogP contribution in [0.25, 0.3) is 0 Å². The lowest BCUT2D eigenvalue weighted by Gasteiger charge is -2.12. The van der Waals surface area contributed by atoms with Crippen LogP contribution < -0.4 is 16.4 Å². The van der Waals surface area contributed by atoms with E-state index in [4.69, 9.17) is 5.73 Å². The van der Waals surface area contributed by atoms with Gasteiger partial charge in [0, 0.05) is 22.6 Å². The molecule has 1 amide bonds. The summed E-state index contributed by atoms with van der Waals surface area (Å²) in [7, 11) is 0. The molecule has 0 atom stereocenters. The number of guanidine groups is 1. The molecule has 5 nitrogen and oxygen atoms in total. The van der Waals surface area contributed by atoms with Crippen LogP contribution in [0.4, 0.5) is 0 Å². The zero-order chi connectivity index (χ0) is 15.1. The van der Waals surface area contributed by atoms with E-state index in [-0.39, 0.29) is 29.9 Å². The lowest BCUT2D eigenvalue weighted by atomic mass is 10.2. The number of nitrogens with one attached hydrogen (secondary N) is 2. The third-order valence-corrected chi connectivity index (χ3v) is 4.02. The van der Waals surface area contributed by atoms with Gasteiger partial charge in [0.1, 0.15) is 0 Å². The number of benzene rings is 1. The fourth-order valence-corrected chi connectivity index (χ4v) is 2.64. The summed E-state index contributed by atoms with van der Waals surface area (Å²) in [5, 5.41) is 6.04. The SMILES string of the molecule is I.NC(=NCCNC(=O)c1ccc(Br)cc1)NC1CCCC1. The van der Waals surface area contributed by atoms with Crippen LogP contribution >= 0.6 is 39.9 Å². The van der Waals surface area contributed by atoms with Crippen molar-refractivity contribution >= 4 is 51.8 Å². The van der Waals surface area contributed by atoms with Crippen molar-refractivity contribution in [3.63, 3.8) is 0 Å². The third-order valence-electron chi connectivity index (χ3n) is 3.49. The Bertz CT molecular complexity index is 501. The highest BCUT2D eigenvalue weighted by Crippen LogP contribution is 2.17. The Hall–Kier alpha value is -0.830. The predicted molar refractivity (Wildman–Crippen MR) is 104 cm³/mol. The normalized spacial score (nSPS) is 15.2. The van der Waals surface area contributed by atoms with Gasteiger partial charge in [-0.15, -0.1) is 24.0 Å². The molecule has 0 saturated heterocycles. The average molecular weight is 481 g/mol. The van der Waals surface area contributed by atoms with E-state index in [1.165, 1.54) is 12.8 Å². The molecule has 0 unspecified atom stereocenters. The topological polar surface area (TPSA) is 79.5 Å². The lowest BCUT2D eigenvalue weighted by molar-refractivity contribution is 0.0955. The van der Waals surface area contributed by atoms with Gasteiger partial charge in [-0.3, -0.25) is 9.79 Å². The smallest absolute Gasteiger partial charge is 0.251 e. The van der Waals surface area contributed by atoms with Gasteiger partial charge in [-0.05, 0) is 37.1 Å². The minimum atomic E-state index is -0.0972. The monoisotopic (exact) mass is 480 g/mol. The second-order valence-electron chi connectivity index (χ2n) is 5.16. The Kier molecular flexibility index (Phi) is 8.77. The second kappa shape index (κ2) is 10.0. The summed E-state index contributed by atoms with van der Waals surface area (Å²) in [6, 6.07) is 7.70. The maximum Gasteiger partial charge on any atom is 0.251 e. The van der Waals surface area contributed by atoms with Gasteiger partial charge in [0.2, 0.25) is 0 Å². The predicted octanol–water partition coefficient (Wildman–Crippen LogP) is 2.64. The zero-order valence-corrected chi connectivity index (χ0v) is 16.3. The summed E-state index contributed by atoms with van der Waals surface area (Å²) in [5.74, 6) is 0.375. The van der Waals surface area contributed by atoms with Crippen molar-refractivity contribution in [2.24, 2.45) is 10.7 Å². The summed E-state index contributed by atoms with van der Waals surface area (Å²) in [4.78, 5) is 16.1. The van der Waals surface area contributed by atoms with Crippen LogP contribution in [0.2, 0.25) is 0 Å². The molecule has 0 heterocycles. The van der Waals surface area contributed by atoms with Crippen molar-refractivity contribution in [1.82, 2.24) is 10.6 Å². The summed E-state index contributed by atoms with van der Waals surface area (Å²) < 4.78 is 0.953. The van der Waals surface area contributed by atoms with E-state index in [0.29, 0.717) is 30.7 Å². The van der Waals surface area contributed by atoms with Gasteiger partial charge in [0.05, 0.1) is 6.54 Å². The molecule has 0 bridgehead atoms. The van der Waals surface area contributed by atoms with Gasteiger partial charge in [0.25, 0.3) is 5.91 Å². The molecular weight excluding hydrogens is 459 g/mol. The standard InChI is InChI=1S/C15H21BrN4O.HI/c16-12-7-5-11(6-8-12)14(21)18-9-10-19-15(17)20-13-3-1-2-4-13;/h5-8,13H,1-4,9-10H2,(H,18,21)(H3,17,19,20);1H.